The molecule has 5 nitrogen and oxygen atoms in total. The van der Waals surface area contributed by atoms with Gasteiger partial charge >= 0.3 is 0 Å². The van der Waals surface area contributed by atoms with Gasteiger partial charge in [0.25, 0.3) is 0 Å². The Morgan fingerprint density at radius 3 is 2.23 bits per heavy atom. The molecular weight excluding hydrogens is 352 g/mol. The SMILES string of the molecule is CC(C)(O)CCC[C@](C)(O)CC(=O)c1cc(O)c(Br)cc1O. The van der Waals surface area contributed by atoms with Crippen molar-refractivity contribution >= 4 is 21.7 Å². The second-order valence-electron chi connectivity index (χ2n) is 6.58. The van der Waals surface area contributed by atoms with E-state index >= 15 is 0 Å². The highest BCUT2D eigenvalue weighted by Crippen LogP contribution is 2.33. The molecule has 0 aliphatic carbocycles. The van der Waals surface area contributed by atoms with Crippen molar-refractivity contribution in [3.63, 3.8) is 0 Å². The van der Waals surface area contributed by atoms with Gasteiger partial charge in [-0.25, -0.2) is 0 Å². The molecule has 22 heavy (non-hydrogen) atoms. The van der Waals surface area contributed by atoms with E-state index in [1.807, 2.05) is 0 Å². The highest BCUT2D eigenvalue weighted by molar-refractivity contribution is 9.10. The quantitative estimate of drug-likeness (QED) is 0.434. The van der Waals surface area contributed by atoms with Crippen LogP contribution < -0.4 is 0 Å². The minimum Gasteiger partial charge on any atom is -0.507 e. The number of phenolic OH excluding ortho intramolecular Hbond substituents is 2. The first kappa shape index (κ1) is 18.9. The summed E-state index contributed by atoms with van der Waals surface area (Å²) in [7, 11) is 0. The van der Waals surface area contributed by atoms with Crippen molar-refractivity contribution < 1.29 is 25.2 Å². The zero-order chi connectivity index (χ0) is 17.1. The predicted molar refractivity (Wildman–Crippen MR) is 87.2 cm³/mol. The second-order valence-corrected chi connectivity index (χ2v) is 7.44. The van der Waals surface area contributed by atoms with Crippen molar-refractivity contribution in [2.24, 2.45) is 0 Å². The third-order valence-electron chi connectivity index (χ3n) is 3.41. The minimum absolute atomic E-state index is 0.0246. The Morgan fingerprint density at radius 1 is 1.09 bits per heavy atom. The van der Waals surface area contributed by atoms with Crippen LogP contribution in [0.2, 0.25) is 0 Å². The minimum atomic E-state index is -1.24. The van der Waals surface area contributed by atoms with Gasteiger partial charge < -0.3 is 20.4 Å². The normalized spacial score (nSPS) is 14.6. The Kier molecular flexibility index (Phi) is 6.01. The molecule has 0 aromatic heterocycles. The van der Waals surface area contributed by atoms with Gasteiger partial charge in [0.05, 0.1) is 21.2 Å². The highest BCUT2D eigenvalue weighted by atomic mass is 79.9. The molecule has 0 radical (unpaired) electrons. The first-order chi connectivity index (χ1) is 9.91. The van der Waals surface area contributed by atoms with Crippen LogP contribution in [0.4, 0.5) is 0 Å². The van der Waals surface area contributed by atoms with Gasteiger partial charge in [0.2, 0.25) is 0 Å². The number of phenols is 2. The molecular formula is C16H23BrO5. The molecule has 124 valence electrons. The molecule has 1 atom stereocenters. The number of halogens is 1. The molecule has 1 rings (SSSR count). The summed E-state index contributed by atoms with van der Waals surface area (Å²) in [5, 5.41) is 39.3. The van der Waals surface area contributed by atoms with Crippen LogP contribution in [0.3, 0.4) is 0 Å². The fourth-order valence-electron chi connectivity index (χ4n) is 2.21. The highest BCUT2D eigenvalue weighted by Gasteiger charge is 2.27. The Balaban J connectivity index is 2.73. The Morgan fingerprint density at radius 2 is 1.68 bits per heavy atom. The van der Waals surface area contributed by atoms with Crippen molar-refractivity contribution in [1.82, 2.24) is 0 Å². The average molecular weight is 375 g/mol. The molecule has 0 heterocycles. The van der Waals surface area contributed by atoms with Crippen LogP contribution in [0.5, 0.6) is 11.5 Å². The summed E-state index contributed by atoms with van der Waals surface area (Å²) in [5.74, 6) is -0.849. The van der Waals surface area contributed by atoms with Gasteiger partial charge in [-0.05, 0) is 68.1 Å². The summed E-state index contributed by atoms with van der Waals surface area (Å²) < 4.78 is 0.290. The maximum Gasteiger partial charge on any atom is 0.169 e. The molecule has 0 unspecified atom stereocenters. The number of hydrogen-bond acceptors (Lipinski definition) is 5. The maximum absolute atomic E-state index is 12.2. The smallest absolute Gasteiger partial charge is 0.169 e. The van der Waals surface area contributed by atoms with E-state index in [1.165, 1.54) is 12.1 Å². The summed E-state index contributed by atoms with van der Waals surface area (Å²) in [6.07, 6.45) is 1.27. The van der Waals surface area contributed by atoms with Gasteiger partial charge in [-0.2, -0.15) is 0 Å². The lowest BCUT2D eigenvalue weighted by atomic mass is 9.88. The average Bonchev–Trinajstić information content (AvgIpc) is 2.30. The monoisotopic (exact) mass is 374 g/mol. The Hall–Kier alpha value is -1.11. The third-order valence-corrected chi connectivity index (χ3v) is 4.05. The Bertz CT molecular complexity index is 546. The van der Waals surface area contributed by atoms with Crippen molar-refractivity contribution in [1.29, 1.82) is 0 Å². The Labute approximate surface area is 138 Å². The van der Waals surface area contributed by atoms with E-state index in [1.54, 1.807) is 20.8 Å². The van der Waals surface area contributed by atoms with Gasteiger partial charge in [0.1, 0.15) is 11.5 Å². The van der Waals surface area contributed by atoms with Crippen LogP contribution in [-0.2, 0) is 0 Å². The van der Waals surface area contributed by atoms with E-state index in [-0.39, 0.29) is 23.5 Å². The van der Waals surface area contributed by atoms with Crippen LogP contribution in [0.25, 0.3) is 0 Å². The molecule has 0 aliphatic heterocycles. The molecule has 6 heteroatoms. The number of aromatic hydroxyl groups is 2. The van der Waals surface area contributed by atoms with Crippen molar-refractivity contribution in [3.8, 4) is 11.5 Å². The molecule has 0 bridgehead atoms. The van der Waals surface area contributed by atoms with Crippen molar-refractivity contribution in [2.75, 3.05) is 0 Å². The lowest BCUT2D eigenvalue weighted by Gasteiger charge is -2.25. The lowest BCUT2D eigenvalue weighted by molar-refractivity contribution is 0.0247. The van der Waals surface area contributed by atoms with Gasteiger partial charge in [-0.15, -0.1) is 0 Å². The maximum atomic E-state index is 12.2. The van der Waals surface area contributed by atoms with E-state index in [2.05, 4.69) is 15.9 Å². The number of carbonyl (C=O) groups is 1. The first-order valence-electron chi connectivity index (χ1n) is 7.11. The van der Waals surface area contributed by atoms with Gasteiger partial charge in [-0.3, -0.25) is 4.79 Å². The zero-order valence-electron chi connectivity index (χ0n) is 13.1. The number of ketones is 1. The molecule has 0 saturated heterocycles. The van der Waals surface area contributed by atoms with E-state index in [9.17, 15) is 25.2 Å². The van der Waals surface area contributed by atoms with Gasteiger partial charge in [0.15, 0.2) is 5.78 Å². The fourth-order valence-corrected chi connectivity index (χ4v) is 2.54. The number of hydrogen-bond donors (Lipinski definition) is 4. The number of benzene rings is 1. The number of aliphatic hydroxyl groups is 2. The van der Waals surface area contributed by atoms with Crippen molar-refractivity contribution in [2.45, 2.75) is 57.7 Å². The molecule has 1 aromatic rings. The molecule has 4 N–H and O–H groups in total. The van der Waals surface area contributed by atoms with Crippen LogP contribution >= 0.6 is 15.9 Å². The molecule has 0 saturated carbocycles. The van der Waals surface area contributed by atoms with Crippen LogP contribution in [0.1, 0.15) is 56.8 Å². The molecule has 0 amide bonds. The first-order valence-corrected chi connectivity index (χ1v) is 7.90. The van der Waals surface area contributed by atoms with Crippen LogP contribution in [0, 0.1) is 0 Å². The summed E-state index contributed by atoms with van der Waals surface area (Å²) >= 11 is 3.05. The van der Waals surface area contributed by atoms with Crippen LogP contribution in [0.15, 0.2) is 16.6 Å². The number of rotatable bonds is 7. The molecule has 1 aromatic carbocycles. The standard InChI is InChI=1S/C16H23BrO5/c1-15(2,21)5-4-6-16(3,22)9-14(20)10-7-13(19)11(17)8-12(10)18/h7-8,18-19,21-22H,4-6,9H2,1-3H3/t16-/m0/s1. The zero-order valence-corrected chi connectivity index (χ0v) is 14.6. The number of carbonyl (C=O) groups excluding carboxylic acids is 1. The van der Waals surface area contributed by atoms with E-state index in [4.69, 9.17) is 0 Å². The predicted octanol–water partition coefficient (Wildman–Crippen LogP) is 3.13. The summed E-state index contributed by atoms with van der Waals surface area (Å²) in [6, 6.07) is 2.42. The van der Waals surface area contributed by atoms with Crippen LogP contribution in [-0.4, -0.2) is 37.4 Å². The molecule has 0 aliphatic rings. The molecule has 0 spiro atoms. The fraction of sp³-hybridized carbons (Fsp3) is 0.562. The number of Topliss-reactive ketones (excluding diaryl/α,β-unsaturated/α-hetero) is 1. The summed E-state index contributed by atoms with van der Waals surface area (Å²) in [4.78, 5) is 12.2. The summed E-state index contributed by atoms with van der Waals surface area (Å²) in [6.45, 7) is 4.93. The second kappa shape index (κ2) is 6.98. The van der Waals surface area contributed by atoms with Gasteiger partial charge in [0, 0.05) is 6.42 Å². The largest absolute Gasteiger partial charge is 0.507 e. The lowest BCUT2D eigenvalue weighted by Crippen LogP contribution is -2.29. The summed E-state index contributed by atoms with van der Waals surface area (Å²) in [5.41, 5.74) is -2.07. The topological polar surface area (TPSA) is 98.0 Å². The van der Waals surface area contributed by atoms with E-state index in [0.717, 1.165) is 0 Å². The van der Waals surface area contributed by atoms with E-state index in [0.29, 0.717) is 23.7 Å². The van der Waals surface area contributed by atoms with Gasteiger partial charge in [-0.1, -0.05) is 0 Å². The third kappa shape index (κ3) is 5.94. The molecule has 0 fully saturated rings. The van der Waals surface area contributed by atoms with E-state index < -0.39 is 17.0 Å². The van der Waals surface area contributed by atoms with Crippen molar-refractivity contribution in [3.05, 3.63) is 22.2 Å².